The number of thiophene rings is 1. The summed E-state index contributed by atoms with van der Waals surface area (Å²) in [6.45, 7) is 1.47. The number of hydrogen-bond donors (Lipinski definition) is 3. The zero-order valence-corrected chi connectivity index (χ0v) is 18.5. The van der Waals surface area contributed by atoms with Crippen molar-refractivity contribution in [2.75, 3.05) is 12.4 Å². The Morgan fingerprint density at radius 1 is 1.37 bits per heavy atom. The van der Waals surface area contributed by atoms with Crippen LogP contribution >= 0.6 is 27.3 Å². The van der Waals surface area contributed by atoms with Gasteiger partial charge >= 0.3 is 0 Å². The molecule has 3 aromatic rings. The average molecular weight is 488 g/mol. The van der Waals surface area contributed by atoms with Crippen LogP contribution in [0.2, 0.25) is 0 Å². The van der Waals surface area contributed by atoms with Gasteiger partial charge in [0.1, 0.15) is 11.9 Å². The van der Waals surface area contributed by atoms with Gasteiger partial charge in [-0.2, -0.15) is 0 Å². The largest absolute Gasteiger partial charge is 0.389 e. The Balaban J connectivity index is 1.59. The van der Waals surface area contributed by atoms with Gasteiger partial charge in [-0.15, -0.1) is 11.3 Å². The number of ketones is 1. The molecule has 8 nitrogen and oxygen atoms in total. The topological polar surface area (TPSA) is 113 Å². The van der Waals surface area contributed by atoms with Crippen molar-refractivity contribution in [1.82, 2.24) is 19.5 Å². The number of aliphatic hydroxyl groups excluding tert-OH is 2. The number of anilines is 1. The SMILES string of the molecule is CNc1nc(C#Cc2ccc(Br)s2)nc2c1ncn2[C@@H]1C2C[C@]2(C(C)=O)C(O)[C@H]1O. The molecule has 0 aromatic carbocycles. The van der Waals surface area contributed by atoms with Crippen LogP contribution in [0.4, 0.5) is 5.82 Å². The lowest BCUT2D eigenvalue weighted by Crippen LogP contribution is -2.36. The maximum Gasteiger partial charge on any atom is 0.209 e. The molecule has 0 radical (unpaired) electrons. The smallest absolute Gasteiger partial charge is 0.209 e. The van der Waals surface area contributed by atoms with Crippen LogP contribution in [0.5, 0.6) is 0 Å². The number of fused-ring (bicyclic) bond motifs is 2. The molecule has 10 heteroatoms. The lowest BCUT2D eigenvalue weighted by atomic mass is 9.95. The van der Waals surface area contributed by atoms with E-state index in [0.29, 0.717) is 29.2 Å². The van der Waals surface area contributed by atoms with E-state index in [1.165, 1.54) is 18.3 Å². The summed E-state index contributed by atoms with van der Waals surface area (Å²) < 4.78 is 2.74. The van der Waals surface area contributed by atoms with Gasteiger partial charge < -0.3 is 20.1 Å². The molecule has 2 unspecified atom stereocenters. The van der Waals surface area contributed by atoms with Crippen molar-refractivity contribution in [3.63, 3.8) is 0 Å². The molecule has 0 bridgehead atoms. The monoisotopic (exact) mass is 487 g/mol. The van der Waals surface area contributed by atoms with Gasteiger partial charge in [-0.1, -0.05) is 0 Å². The molecule has 3 aromatic heterocycles. The molecule has 2 aliphatic rings. The van der Waals surface area contributed by atoms with E-state index in [2.05, 4.69) is 48.0 Å². The minimum atomic E-state index is -1.09. The first-order valence-corrected chi connectivity index (χ1v) is 11.0. The van der Waals surface area contributed by atoms with E-state index in [0.717, 1.165) is 8.66 Å². The highest BCUT2D eigenvalue weighted by Gasteiger charge is 2.74. The van der Waals surface area contributed by atoms with Gasteiger partial charge in [-0.25, -0.2) is 15.0 Å². The van der Waals surface area contributed by atoms with Crippen LogP contribution in [0, 0.1) is 23.2 Å². The molecular weight excluding hydrogens is 470 g/mol. The standard InChI is InChI=1S/C20H18BrN5O3S/c1-9(27)20-7-11(20)15(16(28)17(20)29)26-8-23-14-18(22-2)24-13(25-19(14)26)6-4-10-3-5-12(21)30-10/h3,5,8,11,15-17,28-29H,7H2,1-2H3,(H,22,24,25)/t11?,15-,16+,17?,20-/m1/s1. The Labute approximate surface area is 184 Å². The maximum atomic E-state index is 12.2. The Morgan fingerprint density at radius 2 is 2.17 bits per heavy atom. The predicted octanol–water partition coefficient (Wildman–Crippen LogP) is 1.96. The first-order chi connectivity index (χ1) is 14.4. The molecule has 5 atom stereocenters. The number of nitrogens with zero attached hydrogens (tertiary/aromatic N) is 4. The fourth-order valence-electron chi connectivity index (χ4n) is 4.64. The average Bonchev–Trinajstić information content (AvgIpc) is 2.98. The second-order valence-electron chi connectivity index (χ2n) is 7.66. The van der Waals surface area contributed by atoms with Gasteiger partial charge in [-0.05, 0) is 59.2 Å². The quantitative estimate of drug-likeness (QED) is 0.483. The Hall–Kier alpha value is -2.32. The number of carbonyl (C=O) groups is 1. The van der Waals surface area contributed by atoms with Crippen LogP contribution in [-0.2, 0) is 4.79 Å². The zero-order valence-electron chi connectivity index (χ0n) is 16.1. The fraction of sp³-hybridized carbons (Fsp3) is 0.400. The van der Waals surface area contributed by atoms with E-state index in [-0.39, 0.29) is 11.7 Å². The predicted molar refractivity (Wildman–Crippen MR) is 115 cm³/mol. The molecule has 2 saturated carbocycles. The molecule has 0 aliphatic heterocycles. The fourth-order valence-corrected chi connectivity index (χ4v) is 5.88. The Kier molecular flexibility index (Phi) is 4.48. The molecule has 154 valence electrons. The summed E-state index contributed by atoms with van der Waals surface area (Å²) in [4.78, 5) is 26.5. The molecule has 2 fully saturated rings. The third kappa shape index (κ3) is 2.73. The normalized spacial score (nSPS) is 29.4. The van der Waals surface area contributed by atoms with Gasteiger partial charge in [-0.3, -0.25) is 4.79 Å². The summed E-state index contributed by atoms with van der Waals surface area (Å²) in [6.07, 6.45) is -0.0295. The van der Waals surface area contributed by atoms with E-state index in [9.17, 15) is 15.0 Å². The summed E-state index contributed by atoms with van der Waals surface area (Å²) >= 11 is 4.94. The number of Topliss-reactive ketones (excluding diaryl/α,β-unsaturated/α-hetero) is 1. The van der Waals surface area contributed by atoms with Crippen LogP contribution < -0.4 is 5.32 Å². The summed E-state index contributed by atoms with van der Waals surface area (Å²) in [7, 11) is 1.74. The number of aromatic nitrogens is 4. The van der Waals surface area contributed by atoms with Gasteiger partial charge in [0, 0.05) is 7.05 Å². The van der Waals surface area contributed by atoms with E-state index in [1.807, 2.05) is 12.1 Å². The summed E-state index contributed by atoms with van der Waals surface area (Å²) in [5.41, 5.74) is 0.187. The molecule has 5 rings (SSSR count). The van der Waals surface area contributed by atoms with Gasteiger partial charge in [0.05, 0.1) is 32.6 Å². The summed E-state index contributed by atoms with van der Waals surface area (Å²) in [6, 6.07) is 3.35. The first-order valence-electron chi connectivity index (χ1n) is 9.43. The second-order valence-corrected chi connectivity index (χ2v) is 10.1. The number of rotatable bonds is 3. The minimum Gasteiger partial charge on any atom is -0.389 e. The Morgan fingerprint density at radius 3 is 2.80 bits per heavy atom. The summed E-state index contributed by atoms with van der Waals surface area (Å²) in [5.74, 6) is 6.64. The van der Waals surface area contributed by atoms with Gasteiger partial charge in [0.2, 0.25) is 5.82 Å². The lowest BCUT2D eigenvalue weighted by molar-refractivity contribution is -0.128. The molecule has 0 amide bonds. The highest BCUT2D eigenvalue weighted by Crippen LogP contribution is 2.68. The number of imidazole rings is 1. The highest BCUT2D eigenvalue weighted by atomic mass is 79.9. The maximum absolute atomic E-state index is 12.2. The van der Waals surface area contributed by atoms with Crippen LogP contribution in [0.3, 0.4) is 0 Å². The van der Waals surface area contributed by atoms with Crippen molar-refractivity contribution in [3.05, 3.63) is 32.9 Å². The zero-order chi connectivity index (χ0) is 21.2. The first kappa shape index (κ1) is 19.6. The van der Waals surface area contributed by atoms with Crippen molar-refractivity contribution in [3.8, 4) is 11.8 Å². The van der Waals surface area contributed by atoms with Crippen molar-refractivity contribution in [1.29, 1.82) is 0 Å². The molecule has 30 heavy (non-hydrogen) atoms. The molecule has 3 N–H and O–H groups in total. The molecular formula is C20H18BrN5O3S. The number of carbonyl (C=O) groups excluding carboxylic acids is 1. The molecule has 0 spiro atoms. The van der Waals surface area contributed by atoms with Crippen molar-refractivity contribution >= 4 is 50.0 Å². The van der Waals surface area contributed by atoms with Crippen molar-refractivity contribution in [2.45, 2.75) is 31.6 Å². The molecule has 3 heterocycles. The van der Waals surface area contributed by atoms with Gasteiger partial charge in [0.25, 0.3) is 0 Å². The van der Waals surface area contributed by atoms with E-state index < -0.39 is 23.7 Å². The lowest BCUT2D eigenvalue weighted by Gasteiger charge is -2.23. The van der Waals surface area contributed by atoms with Crippen molar-refractivity contribution < 1.29 is 15.0 Å². The summed E-state index contributed by atoms with van der Waals surface area (Å²) in [5, 5.41) is 24.3. The number of halogens is 1. The molecule has 2 aliphatic carbocycles. The van der Waals surface area contributed by atoms with Gasteiger partial charge in [0.15, 0.2) is 17.0 Å². The van der Waals surface area contributed by atoms with Crippen LogP contribution in [-0.4, -0.2) is 54.8 Å². The van der Waals surface area contributed by atoms with E-state index >= 15 is 0 Å². The second kappa shape index (κ2) is 6.85. The van der Waals surface area contributed by atoms with E-state index in [4.69, 9.17) is 0 Å². The van der Waals surface area contributed by atoms with Crippen LogP contribution in [0.15, 0.2) is 22.2 Å². The minimum absolute atomic E-state index is 0.0924. The Bertz CT molecular complexity index is 1240. The third-order valence-corrected chi connectivity index (χ3v) is 7.72. The van der Waals surface area contributed by atoms with Crippen molar-refractivity contribution in [2.24, 2.45) is 11.3 Å². The highest BCUT2D eigenvalue weighted by molar-refractivity contribution is 9.11. The number of hydrogen-bond acceptors (Lipinski definition) is 8. The number of aliphatic hydroxyl groups is 2. The van der Waals surface area contributed by atoms with E-state index in [1.54, 1.807) is 17.9 Å². The molecule has 0 saturated heterocycles. The number of nitrogens with one attached hydrogen (secondary N) is 1. The van der Waals surface area contributed by atoms with Crippen LogP contribution in [0.1, 0.15) is 30.1 Å². The third-order valence-electron chi connectivity index (χ3n) is 6.18. The van der Waals surface area contributed by atoms with Crippen LogP contribution in [0.25, 0.3) is 11.2 Å².